The molecule has 0 saturated carbocycles. The van der Waals surface area contributed by atoms with Crippen LogP contribution in [0.4, 0.5) is 5.69 Å². The van der Waals surface area contributed by atoms with Gasteiger partial charge in [-0.05, 0) is 24.3 Å². The van der Waals surface area contributed by atoms with Gasteiger partial charge in [-0.15, -0.1) is 0 Å². The van der Waals surface area contributed by atoms with Crippen molar-refractivity contribution in [2.75, 3.05) is 12.4 Å². The van der Waals surface area contributed by atoms with Gasteiger partial charge in [0.25, 0.3) is 5.91 Å². The summed E-state index contributed by atoms with van der Waals surface area (Å²) in [6.07, 6.45) is 1.48. The van der Waals surface area contributed by atoms with Crippen LogP contribution in [0.3, 0.4) is 0 Å². The first-order valence-corrected chi connectivity index (χ1v) is 8.73. The largest absolute Gasteiger partial charge is 0.484 e. The number of nitrogens with zero attached hydrogens (tertiary/aromatic N) is 2. The van der Waals surface area contributed by atoms with Crippen molar-refractivity contribution in [3.8, 4) is 5.75 Å². The third-order valence-electron chi connectivity index (χ3n) is 3.63. The van der Waals surface area contributed by atoms with Gasteiger partial charge in [-0.1, -0.05) is 29.3 Å². The number of methoxy groups -OCH3 is 1. The van der Waals surface area contributed by atoms with E-state index in [0.717, 1.165) is 0 Å². The summed E-state index contributed by atoms with van der Waals surface area (Å²) in [6, 6.07) is 8.10. The number of anilines is 1. The number of aromatic nitrogens is 2. The Morgan fingerprint density at radius 3 is 2.79 bits per heavy atom. The minimum absolute atomic E-state index is 0.0101. The number of carbonyl (C=O) groups is 2. The van der Waals surface area contributed by atoms with Crippen molar-refractivity contribution >= 4 is 40.8 Å². The molecule has 8 nitrogen and oxygen atoms in total. The van der Waals surface area contributed by atoms with Crippen molar-refractivity contribution in [1.29, 1.82) is 0 Å². The number of rotatable bonds is 6. The Balaban J connectivity index is 1.68. The Labute approximate surface area is 169 Å². The Morgan fingerprint density at radius 1 is 1.25 bits per heavy atom. The van der Waals surface area contributed by atoms with E-state index in [0.29, 0.717) is 21.6 Å². The minimum atomic E-state index is -0.664. The van der Waals surface area contributed by atoms with Crippen LogP contribution in [0.5, 0.6) is 5.75 Å². The molecular formula is C18H15Cl2N3O5. The zero-order chi connectivity index (χ0) is 20.3. The normalized spacial score (nSPS) is 10.6. The van der Waals surface area contributed by atoms with E-state index in [1.165, 1.54) is 24.1 Å². The second-order valence-electron chi connectivity index (χ2n) is 5.62. The number of benzene rings is 1. The van der Waals surface area contributed by atoms with Gasteiger partial charge >= 0.3 is 5.97 Å². The minimum Gasteiger partial charge on any atom is -0.484 e. The van der Waals surface area contributed by atoms with Crippen LogP contribution in [0.2, 0.25) is 10.0 Å². The highest BCUT2D eigenvalue weighted by Gasteiger charge is 2.20. The molecule has 0 fully saturated rings. The lowest BCUT2D eigenvalue weighted by atomic mass is 10.3. The van der Waals surface area contributed by atoms with E-state index in [9.17, 15) is 9.59 Å². The summed E-state index contributed by atoms with van der Waals surface area (Å²) < 4.78 is 17.1. The molecule has 0 spiro atoms. The first-order chi connectivity index (χ1) is 13.4. The fourth-order valence-electron chi connectivity index (χ4n) is 2.33. The lowest BCUT2D eigenvalue weighted by Crippen LogP contribution is -2.14. The summed E-state index contributed by atoms with van der Waals surface area (Å²) in [5.74, 6) is -0.376. The SMILES string of the molecule is COC(=O)c1nn(C)cc1NC(=O)c1ccc(COc2cccc(Cl)c2Cl)o1. The first kappa shape index (κ1) is 19.8. The van der Waals surface area contributed by atoms with Gasteiger partial charge in [0, 0.05) is 13.2 Å². The topological polar surface area (TPSA) is 95.6 Å². The van der Waals surface area contributed by atoms with Crippen LogP contribution in [0, 0.1) is 0 Å². The van der Waals surface area contributed by atoms with E-state index in [-0.39, 0.29) is 23.7 Å². The monoisotopic (exact) mass is 423 g/mol. The zero-order valence-corrected chi connectivity index (χ0v) is 16.4. The van der Waals surface area contributed by atoms with E-state index in [4.69, 9.17) is 32.4 Å². The van der Waals surface area contributed by atoms with Gasteiger partial charge in [0.1, 0.15) is 23.1 Å². The fourth-order valence-corrected chi connectivity index (χ4v) is 2.68. The predicted molar refractivity (Wildman–Crippen MR) is 102 cm³/mol. The summed E-state index contributed by atoms with van der Waals surface area (Å²) in [4.78, 5) is 24.1. The average Bonchev–Trinajstić information content (AvgIpc) is 3.29. The van der Waals surface area contributed by atoms with Gasteiger partial charge in [0.15, 0.2) is 11.5 Å². The molecule has 10 heteroatoms. The average molecular weight is 424 g/mol. The molecule has 0 aliphatic heterocycles. The molecule has 0 radical (unpaired) electrons. The van der Waals surface area contributed by atoms with Gasteiger partial charge in [-0.25, -0.2) is 4.79 Å². The van der Waals surface area contributed by atoms with Gasteiger partial charge in [-0.2, -0.15) is 5.10 Å². The molecule has 2 aromatic heterocycles. The van der Waals surface area contributed by atoms with Crippen molar-refractivity contribution in [1.82, 2.24) is 9.78 Å². The number of amides is 1. The third kappa shape index (κ3) is 4.29. The third-order valence-corrected chi connectivity index (χ3v) is 4.43. The summed E-state index contributed by atoms with van der Waals surface area (Å²) in [7, 11) is 2.85. The zero-order valence-electron chi connectivity index (χ0n) is 14.9. The Morgan fingerprint density at radius 2 is 2.04 bits per heavy atom. The lowest BCUT2D eigenvalue weighted by molar-refractivity contribution is 0.0594. The highest BCUT2D eigenvalue weighted by atomic mass is 35.5. The molecule has 1 amide bonds. The van der Waals surface area contributed by atoms with Gasteiger partial charge in [0.2, 0.25) is 0 Å². The summed E-state index contributed by atoms with van der Waals surface area (Å²) in [5.41, 5.74) is 0.198. The maximum absolute atomic E-state index is 12.4. The quantitative estimate of drug-likeness (QED) is 0.603. The Hall–Kier alpha value is -2.97. The summed E-state index contributed by atoms with van der Waals surface area (Å²) >= 11 is 12.0. The number of nitrogens with one attached hydrogen (secondary N) is 1. The predicted octanol–water partition coefficient (Wildman–Crippen LogP) is 3.94. The molecular weight excluding hydrogens is 409 g/mol. The number of aryl methyl sites for hydroxylation is 1. The highest BCUT2D eigenvalue weighted by Crippen LogP contribution is 2.32. The molecule has 0 atom stereocenters. The molecule has 28 heavy (non-hydrogen) atoms. The van der Waals surface area contributed by atoms with E-state index in [1.54, 1.807) is 31.3 Å². The lowest BCUT2D eigenvalue weighted by Gasteiger charge is -2.07. The number of carbonyl (C=O) groups excluding carboxylic acids is 2. The van der Waals surface area contributed by atoms with Crippen molar-refractivity contribution in [2.24, 2.45) is 7.05 Å². The van der Waals surface area contributed by atoms with E-state index >= 15 is 0 Å². The number of furan rings is 1. The second-order valence-corrected chi connectivity index (χ2v) is 6.40. The molecule has 146 valence electrons. The molecule has 0 unspecified atom stereocenters. The summed E-state index contributed by atoms with van der Waals surface area (Å²) in [5, 5.41) is 7.20. The highest BCUT2D eigenvalue weighted by molar-refractivity contribution is 6.42. The van der Waals surface area contributed by atoms with Crippen LogP contribution in [-0.4, -0.2) is 28.8 Å². The molecule has 3 rings (SSSR count). The number of esters is 1. The van der Waals surface area contributed by atoms with E-state index < -0.39 is 11.9 Å². The maximum Gasteiger partial charge on any atom is 0.360 e. The van der Waals surface area contributed by atoms with Crippen LogP contribution in [0.15, 0.2) is 40.9 Å². The van der Waals surface area contributed by atoms with Crippen molar-refractivity contribution in [3.05, 3.63) is 63.8 Å². The van der Waals surface area contributed by atoms with Crippen LogP contribution in [0.1, 0.15) is 26.8 Å². The molecule has 0 bridgehead atoms. The van der Waals surface area contributed by atoms with E-state index in [2.05, 4.69) is 15.2 Å². The van der Waals surface area contributed by atoms with E-state index in [1.807, 2.05) is 0 Å². The van der Waals surface area contributed by atoms with Crippen LogP contribution in [-0.2, 0) is 18.4 Å². The smallest absolute Gasteiger partial charge is 0.360 e. The number of halogens is 2. The summed E-state index contributed by atoms with van der Waals surface area (Å²) in [6.45, 7) is 0.0493. The first-order valence-electron chi connectivity index (χ1n) is 7.98. The standard InChI is InChI=1S/C18H15Cl2N3O5/c1-23-8-12(16(22-23)18(25)26-2)21-17(24)14-7-6-10(28-14)9-27-13-5-3-4-11(19)15(13)20/h3-8H,9H2,1-2H3,(H,21,24). The van der Waals surface area contributed by atoms with Crippen LogP contribution in [0.25, 0.3) is 0 Å². The molecule has 1 N–H and O–H groups in total. The van der Waals surface area contributed by atoms with Crippen LogP contribution >= 0.6 is 23.2 Å². The fraction of sp³-hybridized carbons (Fsp3) is 0.167. The molecule has 0 aliphatic rings. The van der Waals surface area contributed by atoms with Gasteiger partial charge < -0.3 is 19.2 Å². The van der Waals surface area contributed by atoms with Crippen molar-refractivity contribution < 1.29 is 23.5 Å². The van der Waals surface area contributed by atoms with Gasteiger partial charge in [-0.3, -0.25) is 9.48 Å². The Kier molecular flexibility index (Phi) is 5.91. The maximum atomic E-state index is 12.4. The Bertz CT molecular complexity index is 1030. The molecule has 0 saturated heterocycles. The molecule has 0 aliphatic carbocycles. The number of hydrogen-bond acceptors (Lipinski definition) is 6. The molecule has 3 aromatic rings. The second kappa shape index (κ2) is 8.37. The van der Waals surface area contributed by atoms with Crippen molar-refractivity contribution in [3.63, 3.8) is 0 Å². The van der Waals surface area contributed by atoms with Gasteiger partial charge in [0.05, 0.1) is 17.8 Å². The molecule has 2 heterocycles. The van der Waals surface area contributed by atoms with Crippen molar-refractivity contribution in [2.45, 2.75) is 6.61 Å². The van der Waals surface area contributed by atoms with Crippen LogP contribution < -0.4 is 10.1 Å². The number of ether oxygens (including phenoxy) is 2. The number of hydrogen-bond donors (Lipinski definition) is 1. The molecule has 1 aromatic carbocycles.